The highest BCUT2D eigenvalue weighted by Crippen LogP contribution is 2.16. The van der Waals surface area contributed by atoms with E-state index in [9.17, 15) is 5.11 Å². The Balaban J connectivity index is 1.75. The Morgan fingerprint density at radius 3 is 2.93 bits per heavy atom. The molecule has 1 aliphatic rings. The molecule has 78 valence electrons. The molecule has 1 fully saturated rings. The highest BCUT2D eigenvalue weighted by Gasteiger charge is 2.20. The van der Waals surface area contributed by atoms with Crippen LogP contribution < -0.4 is 0 Å². The van der Waals surface area contributed by atoms with Crippen molar-refractivity contribution in [2.24, 2.45) is 0 Å². The van der Waals surface area contributed by atoms with Gasteiger partial charge in [0.15, 0.2) is 6.29 Å². The van der Waals surface area contributed by atoms with Crippen molar-refractivity contribution in [1.82, 2.24) is 0 Å². The first kappa shape index (κ1) is 10.1. The molecule has 1 N–H and O–H groups in total. The molecule has 1 atom stereocenters. The van der Waals surface area contributed by atoms with Crippen molar-refractivity contribution in [2.45, 2.75) is 25.2 Å². The molecule has 1 saturated heterocycles. The van der Waals surface area contributed by atoms with Gasteiger partial charge in [0, 0.05) is 17.7 Å². The molecule has 0 aromatic carbocycles. The van der Waals surface area contributed by atoms with Gasteiger partial charge in [0.2, 0.25) is 0 Å². The molecule has 1 aromatic rings. The molecule has 2 heterocycles. The number of aliphatic hydroxyl groups excluding tert-OH is 1. The van der Waals surface area contributed by atoms with Crippen molar-refractivity contribution in [3.8, 4) is 0 Å². The summed E-state index contributed by atoms with van der Waals surface area (Å²) in [5.41, 5.74) is 0. The van der Waals surface area contributed by atoms with Gasteiger partial charge in [-0.3, -0.25) is 0 Å². The van der Waals surface area contributed by atoms with Gasteiger partial charge in [0.25, 0.3) is 0 Å². The van der Waals surface area contributed by atoms with E-state index in [1.165, 1.54) is 4.88 Å². The molecule has 3 nitrogen and oxygen atoms in total. The lowest BCUT2D eigenvalue weighted by Crippen LogP contribution is -2.20. The minimum absolute atomic E-state index is 0.204. The lowest BCUT2D eigenvalue weighted by Gasteiger charge is -2.13. The van der Waals surface area contributed by atoms with Crippen LogP contribution in [-0.2, 0) is 15.9 Å². The van der Waals surface area contributed by atoms with E-state index in [0.717, 1.165) is 0 Å². The predicted octanol–water partition coefficient (Wildman–Crippen LogP) is 1.41. The average Bonchev–Trinajstić information content (AvgIpc) is 2.76. The Hall–Kier alpha value is -0.420. The maximum atomic E-state index is 9.73. The Bertz CT molecular complexity index is 254. The number of ether oxygens (including phenoxy) is 2. The van der Waals surface area contributed by atoms with Crippen molar-refractivity contribution in [3.63, 3.8) is 0 Å². The van der Waals surface area contributed by atoms with E-state index in [1.807, 2.05) is 17.5 Å². The molecular formula is C10H14O3S. The standard InChI is InChI=1S/C10H14O3S/c11-8(6-9-2-1-5-14-9)7-10-12-3-4-13-10/h1-2,5,8,10-11H,3-4,6-7H2. The third-order valence-corrected chi connectivity index (χ3v) is 3.07. The van der Waals surface area contributed by atoms with Gasteiger partial charge in [0.1, 0.15) is 0 Å². The highest BCUT2D eigenvalue weighted by molar-refractivity contribution is 7.09. The van der Waals surface area contributed by atoms with Gasteiger partial charge in [-0.1, -0.05) is 6.07 Å². The summed E-state index contributed by atoms with van der Waals surface area (Å²) in [6.45, 7) is 1.30. The zero-order valence-corrected chi connectivity index (χ0v) is 8.70. The van der Waals surface area contributed by atoms with Crippen LogP contribution in [0.1, 0.15) is 11.3 Å². The van der Waals surface area contributed by atoms with E-state index < -0.39 is 0 Å². The second-order valence-electron chi connectivity index (χ2n) is 3.34. The molecule has 0 saturated carbocycles. The number of thiophene rings is 1. The van der Waals surface area contributed by atoms with Gasteiger partial charge in [-0.15, -0.1) is 11.3 Å². The van der Waals surface area contributed by atoms with E-state index in [4.69, 9.17) is 9.47 Å². The molecule has 0 bridgehead atoms. The third-order valence-electron chi connectivity index (χ3n) is 2.17. The number of hydrogen-bond acceptors (Lipinski definition) is 4. The quantitative estimate of drug-likeness (QED) is 0.823. The highest BCUT2D eigenvalue weighted by atomic mass is 32.1. The zero-order chi connectivity index (χ0) is 9.80. The van der Waals surface area contributed by atoms with Crippen LogP contribution in [0.2, 0.25) is 0 Å². The normalized spacial score (nSPS) is 20.1. The topological polar surface area (TPSA) is 38.7 Å². The second-order valence-corrected chi connectivity index (χ2v) is 4.38. The number of hydrogen-bond donors (Lipinski definition) is 1. The molecule has 0 aliphatic carbocycles. The number of rotatable bonds is 4. The van der Waals surface area contributed by atoms with Gasteiger partial charge in [-0.2, -0.15) is 0 Å². The molecule has 2 rings (SSSR count). The average molecular weight is 214 g/mol. The lowest BCUT2D eigenvalue weighted by molar-refractivity contribution is -0.0697. The fourth-order valence-corrected chi connectivity index (χ4v) is 2.29. The predicted molar refractivity (Wildman–Crippen MR) is 54.3 cm³/mol. The first-order chi connectivity index (χ1) is 6.84. The molecule has 1 aliphatic heterocycles. The van der Waals surface area contributed by atoms with Gasteiger partial charge in [0.05, 0.1) is 19.3 Å². The Kier molecular flexibility index (Phi) is 3.53. The summed E-state index contributed by atoms with van der Waals surface area (Å²) < 4.78 is 10.5. The summed E-state index contributed by atoms with van der Waals surface area (Å²) in [5.74, 6) is 0. The van der Waals surface area contributed by atoms with E-state index >= 15 is 0 Å². The van der Waals surface area contributed by atoms with Crippen molar-refractivity contribution in [2.75, 3.05) is 13.2 Å². The van der Waals surface area contributed by atoms with Crippen LogP contribution in [0.15, 0.2) is 17.5 Å². The molecular weight excluding hydrogens is 200 g/mol. The zero-order valence-electron chi connectivity index (χ0n) is 7.89. The monoisotopic (exact) mass is 214 g/mol. The molecule has 0 amide bonds. The van der Waals surface area contributed by atoms with E-state index in [2.05, 4.69) is 0 Å². The van der Waals surface area contributed by atoms with Crippen LogP contribution in [0, 0.1) is 0 Å². The first-order valence-electron chi connectivity index (χ1n) is 4.78. The van der Waals surface area contributed by atoms with Crippen LogP contribution in [-0.4, -0.2) is 30.7 Å². The van der Waals surface area contributed by atoms with Crippen LogP contribution in [0.4, 0.5) is 0 Å². The minimum Gasteiger partial charge on any atom is -0.393 e. The lowest BCUT2D eigenvalue weighted by atomic mass is 10.1. The van der Waals surface area contributed by atoms with Crippen LogP contribution in [0.25, 0.3) is 0 Å². The van der Waals surface area contributed by atoms with Crippen molar-refractivity contribution in [3.05, 3.63) is 22.4 Å². The van der Waals surface area contributed by atoms with Gasteiger partial charge in [-0.05, 0) is 11.4 Å². The smallest absolute Gasteiger partial charge is 0.160 e. The number of aliphatic hydroxyl groups is 1. The Morgan fingerprint density at radius 2 is 2.29 bits per heavy atom. The maximum absolute atomic E-state index is 9.73. The summed E-state index contributed by atoms with van der Waals surface area (Å²) in [4.78, 5) is 1.20. The molecule has 14 heavy (non-hydrogen) atoms. The third kappa shape index (κ3) is 2.78. The summed E-state index contributed by atoms with van der Waals surface area (Å²) in [7, 11) is 0. The molecule has 0 spiro atoms. The fraction of sp³-hybridized carbons (Fsp3) is 0.600. The second kappa shape index (κ2) is 4.89. The summed E-state index contributed by atoms with van der Waals surface area (Å²) >= 11 is 1.67. The minimum atomic E-state index is -0.364. The van der Waals surface area contributed by atoms with Crippen LogP contribution in [0.3, 0.4) is 0 Å². The summed E-state index contributed by atoms with van der Waals surface area (Å²) in [6, 6.07) is 4.03. The SMILES string of the molecule is OC(Cc1cccs1)CC1OCCO1. The molecule has 0 radical (unpaired) electrons. The largest absolute Gasteiger partial charge is 0.393 e. The Labute approximate surface area is 87.3 Å². The van der Waals surface area contributed by atoms with Gasteiger partial charge >= 0.3 is 0 Å². The first-order valence-corrected chi connectivity index (χ1v) is 5.66. The van der Waals surface area contributed by atoms with Crippen molar-refractivity contribution in [1.29, 1.82) is 0 Å². The van der Waals surface area contributed by atoms with E-state index in [-0.39, 0.29) is 12.4 Å². The van der Waals surface area contributed by atoms with Crippen molar-refractivity contribution >= 4 is 11.3 Å². The fourth-order valence-electron chi connectivity index (χ4n) is 1.51. The summed E-state index contributed by atoms with van der Waals surface area (Å²) in [6.07, 6.45) is 0.695. The molecule has 1 unspecified atom stereocenters. The van der Waals surface area contributed by atoms with Gasteiger partial charge in [-0.25, -0.2) is 0 Å². The van der Waals surface area contributed by atoms with Crippen LogP contribution >= 0.6 is 11.3 Å². The van der Waals surface area contributed by atoms with Crippen molar-refractivity contribution < 1.29 is 14.6 Å². The molecule has 4 heteroatoms. The van der Waals surface area contributed by atoms with Crippen LogP contribution in [0.5, 0.6) is 0 Å². The summed E-state index contributed by atoms with van der Waals surface area (Å²) in [5, 5.41) is 11.7. The Morgan fingerprint density at radius 1 is 1.50 bits per heavy atom. The van der Waals surface area contributed by atoms with E-state index in [0.29, 0.717) is 26.1 Å². The van der Waals surface area contributed by atoms with Gasteiger partial charge < -0.3 is 14.6 Å². The molecule has 1 aromatic heterocycles. The van der Waals surface area contributed by atoms with E-state index in [1.54, 1.807) is 11.3 Å². The maximum Gasteiger partial charge on any atom is 0.160 e.